The van der Waals surface area contributed by atoms with Crippen LogP contribution in [0.1, 0.15) is 5.56 Å². The highest BCUT2D eigenvalue weighted by Crippen LogP contribution is 2.35. The number of benzene rings is 4. The highest BCUT2D eigenvalue weighted by molar-refractivity contribution is 7.93. The number of rotatable bonds is 9. The second-order valence-corrected chi connectivity index (χ2v) is 12.1. The van der Waals surface area contributed by atoms with Gasteiger partial charge in [-0.15, -0.1) is 13.2 Å². The van der Waals surface area contributed by atoms with Gasteiger partial charge in [-0.1, -0.05) is 24.3 Å². The summed E-state index contributed by atoms with van der Waals surface area (Å²) in [6.45, 7) is 0. The minimum Gasteiger partial charge on any atom is -0.497 e. The summed E-state index contributed by atoms with van der Waals surface area (Å²) >= 11 is 0. The molecule has 8 nitrogen and oxygen atoms in total. The van der Waals surface area contributed by atoms with E-state index in [1.807, 2.05) is 0 Å². The van der Waals surface area contributed by atoms with Crippen molar-refractivity contribution in [3.8, 4) is 22.6 Å². The van der Waals surface area contributed by atoms with Gasteiger partial charge in [0, 0.05) is 0 Å². The first-order chi connectivity index (χ1) is 20.0. The molecule has 0 spiro atoms. The maximum Gasteiger partial charge on any atom is 0.573 e. The predicted molar refractivity (Wildman–Crippen MR) is 145 cm³/mol. The van der Waals surface area contributed by atoms with Gasteiger partial charge < -0.3 is 9.47 Å². The second-order valence-electron chi connectivity index (χ2n) is 8.74. The molecule has 0 saturated heterocycles. The van der Waals surface area contributed by atoms with Crippen molar-refractivity contribution in [1.29, 1.82) is 0 Å². The van der Waals surface area contributed by atoms with E-state index in [0.717, 1.165) is 36.4 Å². The molecular weight excluding hydrogens is 626 g/mol. The fourth-order valence-corrected chi connectivity index (χ4v) is 5.94. The Morgan fingerprint density at radius 3 is 1.74 bits per heavy atom. The Kier molecular flexibility index (Phi) is 8.56. The van der Waals surface area contributed by atoms with Crippen LogP contribution in [0.4, 0.5) is 37.7 Å². The molecule has 0 aliphatic carbocycles. The van der Waals surface area contributed by atoms with Crippen LogP contribution in [0, 0.1) is 0 Å². The van der Waals surface area contributed by atoms with Gasteiger partial charge in [0.25, 0.3) is 20.0 Å². The maximum absolute atomic E-state index is 13.2. The van der Waals surface area contributed by atoms with Gasteiger partial charge in [0.05, 0.1) is 33.8 Å². The van der Waals surface area contributed by atoms with Crippen molar-refractivity contribution in [3.05, 3.63) is 96.6 Å². The molecule has 16 heteroatoms. The lowest BCUT2D eigenvalue weighted by Crippen LogP contribution is -2.19. The molecule has 4 rings (SSSR count). The zero-order valence-electron chi connectivity index (χ0n) is 21.7. The molecule has 4 aromatic carbocycles. The van der Waals surface area contributed by atoms with Crippen LogP contribution in [0.2, 0.25) is 0 Å². The number of hydrogen-bond donors (Lipinski definition) is 2. The summed E-state index contributed by atoms with van der Waals surface area (Å²) in [7, 11) is -7.76. The van der Waals surface area contributed by atoms with Crippen LogP contribution in [-0.4, -0.2) is 30.3 Å². The Labute approximate surface area is 242 Å². The van der Waals surface area contributed by atoms with E-state index in [2.05, 4.69) is 14.2 Å². The number of sulfonamides is 2. The van der Waals surface area contributed by atoms with Crippen molar-refractivity contribution in [2.24, 2.45) is 0 Å². The largest absolute Gasteiger partial charge is 0.573 e. The van der Waals surface area contributed by atoms with E-state index in [1.54, 1.807) is 24.3 Å². The summed E-state index contributed by atoms with van der Waals surface area (Å²) in [6.07, 6.45) is -9.84. The quantitative estimate of drug-likeness (QED) is 0.192. The van der Waals surface area contributed by atoms with Gasteiger partial charge in [0.15, 0.2) is 0 Å². The Bertz CT molecular complexity index is 1830. The molecular formula is C27H20F6N2O6S2. The van der Waals surface area contributed by atoms with E-state index in [4.69, 9.17) is 4.74 Å². The van der Waals surface area contributed by atoms with Gasteiger partial charge in [0.2, 0.25) is 0 Å². The van der Waals surface area contributed by atoms with Crippen molar-refractivity contribution in [2.75, 3.05) is 16.6 Å². The normalized spacial score (nSPS) is 12.4. The monoisotopic (exact) mass is 646 g/mol. The summed E-state index contributed by atoms with van der Waals surface area (Å²) in [6, 6.07) is 16.6. The van der Waals surface area contributed by atoms with Crippen LogP contribution in [0.15, 0.2) is 101 Å². The van der Waals surface area contributed by atoms with Crippen molar-refractivity contribution < 1.29 is 52.7 Å². The lowest BCUT2D eigenvalue weighted by molar-refractivity contribution is -0.274. The molecule has 2 N–H and O–H groups in total. The molecule has 228 valence electrons. The second kappa shape index (κ2) is 11.7. The number of hydrogen-bond acceptors (Lipinski definition) is 6. The van der Waals surface area contributed by atoms with Crippen molar-refractivity contribution >= 4 is 31.4 Å². The first-order valence-electron chi connectivity index (χ1n) is 11.8. The fourth-order valence-electron chi connectivity index (χ4n) is 3.75. The zero-order chi connectivity index (χ0) is 31.6. The number of nitrogens with one attached hydrogen (secondary N) is 2. The third-order valence-electron chi connectivity index (χ3n) is 5.77. The van der Waals surface area contributed by atoms with Crippen molar-refractivity contribution in [3.63, 3.8) is 0 Å². The third kappa shape index (κ3) is 7.90. The topological polar surface area (TPSA) is 111 Å². The summed E-state index contributed by atoms with van der Waals surface area (Å²) in [4.78, 5) is -1.24. The third-order valence-corrected chi connectivity index (χ3v) is 8.52. The van der Waals surface area contributed by atoms with E-state index in [9.17, 15) is 43.2 Å². The first kappa shape index (κ1) is 31.5. The lowest BCUT2D eigenvalue weighted by atomic mass is 10.0. The molecule has 0 amide bonds. The average molecular weight is 647 g/mol. The molecule has 0 saturated carbocycles. The molecule has 0 aliphatic rings. The molecule has 0 fully saturated rings. The van der Waals surface area contributed by atoms with E-state index in [0.29, 0.717) is 29.0 Å². The number of alkyl halides is 6. The van der Waals surface area contributed by atoms with Gasteiger partial charge >= 0.3 is 12.5 Å². The van der Waals surface area contributed by atoms with Crippen LogP contribution in [0.5, 0.6) is 11.5 Å². The Hall–Kier alpha value is -4.44. The molecule has 0 radical (unpaired) electrons. The van der Waals surface area contributed by atoms with Crippen molar-refractivity contribution in [2.45, 2.75) is 22.3 Å². The minimum absolute atomic E-state index is 0.330. The number of anilines is 2. The molecule has 0 aromatic heterocycles. The van der Waals surface area contributed by atoms with Gasteiger partial charge in [0.1, 0.15) is 11.5 Å². The van der Waals surface area contributed by atoms with Crippen molar-refractivity contribution in [1.82, 2.24) is 0 Å². The summed E-state index contributed by atoms with van der Waals surface area (Å²) in [5, 5.41) is 0. The number of methoxy groups -OCH3 is 1. The molecule has 0 unspecified atom stereocenters. The van der Waals surface area contributed by atoms with E-state index >= 15 is 0 Å². The Morgan fingerprint density at radius 2 is 1.16 bits per heavy atom. The molecule has 0 aliphatic heterocycles. The standard InChI is InChI=1S/C27H20F6N2O6S2/c1-40-20-8-5-17(6-9-20)18-7-14-24(34-42(36,37)22-12-10-21(11-13-22)41-27(31,32)33)25(15-18)35-43(38,39)23-4-2-3-19(16-23)26(28,29)30/h2-16,34-35H,1H3. The van der Waals surface area contributed by atoms with E-state index in [1.165, 1.54) is 25.3 Å². The van der Waals surface area contributed by atoms with Gasteiger partial charge in [-0.05, 0) is 77.9 Å². The predicted octanol–water partition coefficient (Wildman–Crippen LogP) is 6.88. The average Bonchev–Trinajstić information content (AvgIpc) is 2.93. The van der Waals surface area contributed by atoms with Crippen LogP contribution in [-0.2, 0) is 26.2 Å². The molecule has 0 bridgehead atoms. The fraction of sp³-hybridized carbons (Fsp3) is 0.111. The summed E-state index contributed by atoms with van der Waals surface area (Å²) < 4.78 is 143. The van der Waals surface area contributed by atoms with Gasteiger partial charge in [-0.2, -0.15) is 13.2 Å². The first-order valence-corrected chi connectivity index (χ1v) is 14.8. The SMILES string of the molecule is COc1ccc(-c2ccc(NS(=O)(=O)c3ccc(OC(F)(F)F)cc3)c(NS(=O)(=O)c3cccc(C(F)(F)F)c3)c2)cc1. The van der Waals surface area contributed by atoms with Crippen LogP contribution >= 0.6 is 0 Å². The lowest BCUT2D eigenvalue weighted by Gasteiger charge is -2.17. The highest BCUT2D eigenvalue weighted by atomic mass is 32.2. The minimum atomic E-state index is -5.00. The Balaban J connectivity index is 1.74. The number of halogens is 6. The van der Waals surface area contributed by atoms with Crippen LogP contribution in [0.25, 0.3) is 11.1 Å². The Morgan fingerprint density at radius 1 is 0.605 bits per heavy atom. The highest BCUT2D eigenvalue weighted by Gasteiger charge is 2.32. The smallest absolute Gasteiger partial charge is 0.497 e. The summed E-state index contributed by atoms with van der Waals surface area (Å²) in [5.41, 5.74) is -0.966. The maximum atomic E-state index is 13.2. The van der Waals surface area contributed by atoms with Crippen LogP contribution in [0.3, 0.4) is 0 Å². The molecule has 43 heavy (non-hydrogen) atoms. The van der Waals surface area contributed by atoms with Gasteiger partial charge in [-0.25, -0.2) is 16.8 Å². The molecule has 4 aromatic rings. The van der Waals surface area contributed by atoms with E-state index < -0.39 is 53.7 Å². The summed E-state index contributed by atoms with van der Waals surface area (Å²) in [5.74, 6) is -0.157. The van der Waals surface area contributed by atoms with E-state index in [-0.39, 0.29) is 11.4 Å². The van der Waals surface area contributed by atoms with Gasteiger partial charge in [-0.3, -0.25) is 9.44 Å². The van der Waals surface area contributed by atoms with Crippen LogP contribution < -0.4 is 18.9 Å². The zero-order valence-corrected chi connectivity index (χ0v) is 23.3. The molecule has 0 atom stereocenters. The molecule has 0 heterocycles. The number of ether oxygens (including phenoxy) is 2.